The number of nitrogens with zero attached hydrogens (tertiary/aromatic N) is 5. The van der Waals surface area contributed by atoms with Gasteiger partial charge in [0.25, 0.3) is 0 Å². The van der Waals surface area contributed by atoms with Crippen molar-refractivity contribution >= 4 is 29.1 Å². The predicted octanol–water partition coefficient (Wildman–Crippen LogP) is 1.50. The zero-order valence-corrected chi connectivity index (χ0v) is 15.5. The van der Waals surface area contributed by atoms with Crippen molar-refractivity contribution in [3.05, 3.63) is 42.0 Å². The summed E-state index contributed by atoms with van der Waals surface area (Å²) in [6.45, 7) is 0.532. The smallest absolute Gasteiger partial charge is 0.351 e. The van der Waals surface area contributed by atoms with Gasteiger partial charge in [-0.1, -0.05) is 0 Å². The number of hydrogen-bond acceptors (Lipinski definition) is 8. The summed E-state index contributed by atoms with van der Waals surface area (Å²) < 4.78 is 34.2. The van der Waals surface area contributed by atoms with E-state index >= 15 is 0 Å². The molecule has 0 amide bonds. The average molecular weight is 418 g/mol. The van der Waals surface area contributed by atoms with Crippen LogP contribution in [0.4, 0.5) is 20.3 Å². The quantitative estimate of drug-likeness (QED) is 0.604. The van der Waals surface area contributed by atoms with Crippen molar-refractivity contribution in [1.29, 1.82) is 0 Å². The Bertz CT molecular complexity index is 1140. The van der Waals surface area contributed by atoms with Gasteiger partial charge in [-0.25, -0.2) is 23.1 Å². The molecule has 10 nitrogen and oxygen atoms in total. The summed E-state index contributed by atoms with van der Waals surface area (Å²) in [6, 6.07) is 0. The van der Waals surface area contributed by atoms with Crippen molar-refractivity contribution in [2.45, 2.75) is 12.8 Å². The molecule has 1 fully saturated rings. The molecule has 4 heterocycles. The lowest BCUT2D eigenvalue weighted by atomic mass is 9.97. The summed E-state index contributed by atoms with van der Waals surface area (Å²) in [5.74, 6) is -4.16. The van der Waals surface area contributed by atoms with Gasteiger partial charge in [0, 0.05) is 13.1 Å². The minimum atomic E-state index is -0.962. The molecule has 3 N–H and O–H groups in total. The molecule has 0 aromatic carbocycles. The Morgan fingerprint density at radius 2 is 1.93 bits per heavy atom. The lowest BCUT2D eigenvalue weighted by Gasteiger charge is -2.32. The molecule has 1 aliphatic heterocycles. The van der Waals surface area contributed by atoms with Gasteiger partial charge in [-0.2, -0.15) is 0 Å². The largest absolute Gasteiger partial charge is 0.481 e. The molecule has 1 aliphatic rings. The van der Waals surface area contributed by atoms with E-state index in [1.165, 1.54) is 6.20 Å². The van der Waals surface area contributed by atoms with Crippen LogP contribution in [0.25, 0.3) is 5.65 Å². The zero-order chi connectivity index (χ0) is 21.4. The van der Waals surface area contributed by atoms with Crippen LogP contribution in [0.15, 0.2) is 24.8 Å². The number of carbonyl (C=O) groups is 2. The normalized spacial score (nSPS) is 14.8. The number of aromatic nitrogens is 4. The van der Waals surface area contributed by atoms with Crippen LogP contribution in [0, 0.1) is 17.6 Å². The number of pyridine rings is 1. The lowest BCUT2D eigenvalue weighted by Crippen LogP contribution is -2.37. The predicted molar refractivity (Wildman–Crippen MR) is 99.1 cm³/mol. The van der Waals surface area contributed by atoms with Gasteiger partial charge in [0.15, 0.2) is 28.8 Å². The van der Waals surface area contributed by atoms with Crippen molar-refractivity contribution in [2.75, 3.05) is 23.7 Å². The molecule has 0 radical (unpaired) electrons. The molecule has 30 heavy (non-hydrogen) atoms. The minimum Gasteiger partial charge on any atom is -0.481 e. The molecular formula is C18H16F2N6O4. The van der Waals surface area contributed by atoms with Gasteiger partial charge in [0.05, 0.1) is 30.7 Å². The highest BCUT2D eigenvalue weighted by Crippen LogP contribution is 2.34. The van der Waals surface area contributed by atoms with E-state index in [1.807, 2.05) is 0 Å². The van der Waals surface area contributed by atoms with Gasteiger partial charge in [-0.3, -0.25) is 9.78 Å². The molecule has 1 saturated heterocycles. The molecular weight excluding hydrogens is 402 g/mol. The van der Waals surface area contributed by atoms with Crippen LogP contribution in [-0.4, -0.2) is 49.7 Å². The van der Waals surface area contributed by atoms with Crippen molar-refractivity contribution < 1.29 is 28.2 Å². The van der Waals surface area contributed by atoms with Crippen LogP contribution in [0.5, 0.6) is 5.75 Å². The van der Waals surface area contributed by atoms with E-state index in [0.717, 1.165) is 23.1 Å². The maximum absolute atomic E-state index is 14.6. The second kappa shape index (κ2) is 7.54. The number of fused-ring (bicyclic) bond motifs is 1. The molecule has 3 aromatic rings. The van der Waals surface area contributed by atoms with Crippen LogP contribution in [0.2, 0.25) is 0 Å². The summed E-state index contributed by atoms with van der Waals surface area (Å²) in [7, 11) is 0. The van der Waals surface area contributed by atoms with E-state index in [2.05, 4.69) is 15.1 Å². The number of ether oxygens (including phenoxy) is 1. The van der Waals surface area contributed by atoms with Crippen molar-refractivity contribution in [3.8, 4) is 5.75 Å². The molecule has 0 spiro atoms. The molecule has 4 rings (SSSR count). The summed E-state index contributed by atoms with van der Waals surface area (Å²) in [5, 5.41) is 13.0. The second-order valence-corrected chi connectivity index (χ2v) is 6.76. The summed E-state index contributed by atoms with van der Waals surface area (Å²) >= 11 is 0. The SMILES string of the molecule is Nc1nn2cc(F)cnc2c1C(=O)Oc1cncc(F)c1N1CCC(C(=O)O)CC1. The van der Waals surface area contributed by atoms with Crippen molar-refractivity contribution in [3.63, 3.8) is 0 Å². The molecule has 0 atom stereocenters. The lowest BCUT2D eigenvalue weighted by molar-refractivity contribution is -0.142. The number of hydrogen-bond donors (Lipinski definition) is 2. The minimum absolute atomic E-state index is 0.00348. The van der Waals surface area contributed by atoms with Gasteiger partial charge in [0.2, 0.25) is 0 Å². The first-order valence-electron chi connectivity index (χ1n) is 8.98. The topological polar surface area (TPSA) is 136 Å². The number of anilines is 2. The van der Waals surface area contributed by atoms with Crippen LogP contribution in [0.3, 0.4) is 0 Å². The van der Waals surface area contributed by atoms with Crippen LogP contribution >= 0.6 is 0 Å². The fourth-order valence-electron chi connectivity index (χ4n) is 3.42. The van der Waals surface area contributed by atoms with E-state index in [-0.39, 0.29) is 41.6 Å². The molecule has 0 aliphatic carbocycles. The Morgan fingerprint density at radius 3 is 2.63 bits per heavy atom. The first-order valence-corrected chi connectivity index (χ1v) is 8.98. The summed E-state index contributed by atoms with van der Waals surface area (Å²) in [5.41, 5.74) is 5.54. The number of carbonyl (C=O) groups excluding carboxylic acids is 1. The number of esters is 1. The fraction of sp³-hybridized carbons (Fsp3) is 0.278. The number of piperidine rings is 1. The van der Waals surface area contributed by atoms with Crippen molar-refractivity contribution in [2.24, 2.45) is 5.92 Å². The Kier molecular flexibility index (Phi) is 4.90. The van der Waals surface area contributed by atoms with Crippen molar-refractivity contribution in [1.82, 2.24) is 19.6 Å². The Morgan fingerprint density at radius 1 is 1.20 bits per heavy atom. The van der Waals surface area contributed by atoms with E-state index in [0.29, 0.717) is 12.8 Å². The monoisotopic (exact) mass is 418 g/mol. The number of carboxylic acid groups (broad SMARTS) is 1. The van der Waals surface area contributed by atoms with E-state index < -0.39 is 29.5 Å². The molecule has 3 aromatic heterocycles. The Hall–Kier alpha value is -3.83. The zero-order valence-electron chi connectivity index (χ0n) is 15.5. The fourth-order valence-corrected chi connectivity index (χ4v) is 3.42. The van der Waals surface area contributed by atoms with Gasteiger partial charge >= 0.3 is 11.9 Å². The number of halogens is 2. The highest BCUT2D eigenvalue weighted by Gasteiger charge is 2.29. The highest BCUT2D eigenvalue weighted by molar-refractivity contribution is 6.02. The Labute approximate surface area is 167 Å². The third-order valence-corrected chi connectivity index (χ3v) is 4.87. The molecule has 0 bridgehead atoms. The Balaban J connectivity index is 1.63. The molecule has 0 saturated carbocycles. The van der Waals surface area contributed by atoms with Gasteiger partial charge in [-0.15, -0.1) is 5.10 Å². The molecule has 12 heteroatoms. The number of aliphatic carboxylic acids is 1. The highest BCUT2D eigenvalue weighted by atomic mass is 19.1. The van der Waals surface area contributed by atoms with E-state index in [4.69, 9.17) is 15.6 Å². The second-order valence-electron chi connectivity index (χ2n) is 6.76. The van der Waals surface area contributed by atoms with Crippen LogP contribution < -0.4 is 15.4 Å². The molecule has 156 valence electrons. The van der Waals surface area contributed by atoms with Gasteiger partial charge in [0.1, 0.15) is 11.3 Å². The third-order valence-electron chi connectivity index (χ3n) is 4.87. The molecule has 0 unspecified atom stereocenters. The number of nitrogens with two attached hydrogens (primary N) is 1. The number of carboxylic acids is 1. The maximum atomic E-state index is 14.6. The third kappa shape index (κ3) is 3.47. The van der Waals surface area contributed by atoms with E-state index in [1.54, 1.807) is 4.90 Å². The first kappa shape index (κ1) is 19.5. The van der Waals surface area contributed by atoms with E-state index in [9.17, 15) is 18.4 Å². The van der Waals surface area contributed by atoms with Gasteiger partial charge < -0.3 is 20.5 Å². The van der Waals surface area contributed by atoms with Gasteiger partial charge in [-0.05, 0) is 12.8 Å². The van der Waals surface area contributed by atoms with Crippen LogP contribution in [-0.2, 0) is 4.79 Å². The summed E-state index contributed by atoms with van der Waals surface area (Å²) in [6.07, 6.45) is 4.69. The first-order chi connectivity index (χ1) is 14.3. The van der Waals surface area contributed by atoms with Crippen LogP contribution in [0.1, 0.15) is 23.2 Å². The number of rotatable bonds is 4. The number of nitrogen functional groups attached to an aromatic ring is 1. The average Bonchev–Trinajstić information content (AvgIpc) is 3.03. The maximum Gasteiger partial charge on any atom is 0.351 e. The standard InChI is InChI=1S/C18H16F2N6O4/c19-10-5-23-16-13(15(21)24-26(16)8-10)18(29)30-12-7-22-6-11(20)14(12)25-3-1-9(2-4-25)17(27)28/h5-9H,1-4H2,(H2,21,24)(H,27,28). The summed E-state index contributed by atoms with van der Waals surface area (Å²) in [4.78, 5) is 33.0.